The van der Waals surface area contributed by atoms with Crippen LogP contribution in [0.1, 0.15) is 26.3 Å². The molecule has 0 heterocycles. The first-order valence-electron chi connectivity index (χ1n) is 4.69. The van der Waals surface area contributed by atoms with Gasteiger partial charge in [0.15, 0.2) is 0 Å². The molecule has 0 saturated heterocycles. The number of nitrogen functional groups attached to an aromatic ring is 1. The van der Waals surface area contributed by atoms with Crippen LogP contribution in [-0.4, -0.2) is 6.10 Å². The second-order valence-corrected chi connectivity index (χ2v) is 3.35. The summed E-state index contributed by atoms with van der Waals surface area (Å²) in [4.78, 5) is 0. The Bertz CT molecular complexity index is 281. The van der Waals surface area contributed by atoms with Crippen molar-refractivity contribution in [3.05, 3.63) is 23.8 Å². The van der Waals surface area contributed by atoms with Crippen molar-refractivity contribution in [1.82, 2.24) is 0 Å². The highest BCUT2D eigenvalue weighted by Gasteiger charge is 2.05. The third-order valence-corrected chi connectivity index (χ3v) is 1.90. The zero-order valence-corrected chi connectivity index (χ0v) is 8.50. The molecule has 0 aliphatic rings. The topological polar surface area (TPSA) is 35.2 Å². The minimum atomic E-state index is 0.175. The standard InChI is InChI=1S/C11H17NO/c1-4-9-6-5-7-10(11(9)12)13-8(2)3/h5-8H,4,12H2,1-3H3. The summed E-state index contributed by atoms with van der Waals surface area (Å²) in [5.41, 5.74) is 7.84. The number of benzene rings is 1. The lowest BCUT2D eigenvalue weighted by Crippen LogP contribution is -2.08. The van der Waals surface area contributed by atoms with Crippen LogP contribution in [0.5, 0.6) is 5.75 Å². The van der Waals surface area contributed by atoms with Gasteiger partial charge in [0.2, 0.25) is 0 Å². The minimum absolute atomic E-state index is 0.175. The van der Waals surface area contributed by atoms with Gasteiger partial charge in [-0.25, -0.2) is 0 Å². The van der Waals surface area contributed by atoms with Gasteiger partial charge in [-0.1, -0.05) is 19.1 Å². The highest BCUT2D eigenvalue weighted by Crippen LogP contribution is 2.26. The van der Waals surface area contributed by atoms with E-state index in [9.17, 15) is 0 Å². The molecule has 0 aliphatic carbocycles. The Morgan fingerprint density at radius 2 is 2.08 bits per heavy atom. The molecule has 0 radical (unpaired) electrons. The Morgan fingerprint density at radius 1 is 1.38 bits per heavy atom. The summed E-state index contributed by atoms with van der Waals surface area (Å²) in [5.74, 6) is 0.800. The molecule has 0 spiro atoms. The van der Waals surface area contributed by atoms with Gasteiger partial charge in [0, 0.05) is 0 Å². The fourth-order valence-electron chi connectivity index (χ4n) is 1.25. The molecule has 1 aromatic rings. The van der Waals surface area contributed by atoms with Crippen molar-refractivity contribution in [1.29, 1.82) is 0 Å². The molecule has 2 heteroatoms. The number of anilines is 1. The smallest absolute Gasteiger partial charge is 0.142 e. The normalized spacial score (nSPS) is 10.5. The van der Waals surface area contributed by atoms with Crippen molar-refractivity contribution in [3.8, 4) is 5.75 Å². The Balaban J connectivity index is 2.94. The predicted octanol–water partition coefficient (Wildman–Crippen LogP) is 2.62. The van der Waals surface area contributed by atoms with Gasteiger partial charge in [-0.05, 0) is 31.9 Å². The second kappa shape index (κ2) is 4.17. The lowest BCUT2D eigenvalue weighted by molar-refractivity contribution is 0.243. The van der Waals surface area contributed by atoms with Gasteiger partial charge in [-0.3, -0.25) is 0 Å². The van der Waals surface area contributed by atoms with Crippen molar-refractivity contribution >= 4 is 5.69 Å². The van der Waals surface area contributed by atoms with Crippen molar-refractivity contribution in [2.75, 3.05) is 5.73 Å². The van der Waals surface area contributed by atoms with Crippen LogP contribution in [0.15, 0.2) is 18.2 Å². The van der Waals surface area contributed by atoms with Gasteiger partial charge in [0.1, 0.15) is 5.75 Å². The molecule has 0 aromatic heterocycles. The number of ether oxygens (including phenoxy) is 1. The summed E-state index contributed by atoms with van der Waals surface area (Å²) in [5, 5.41) is 0. The van der Waals surface area contributed by atoms with Crippen molar-refractivity contribution in [3.63, 3.8) is 0 Å². The van der Waals surface area contributed by atoms with Crippen LogP contribution < -0.4 is 10.5 Å². The van der Waals surface area contributed by atoms with E-state index in [2.05, 4.69) is 6.92 Å². The molecule has 1 rings (SSSR count). The first kappa shape index (κ1) is 9.90. The van der Waals surface area contributed by atoms with E-state index in [-0.39, 0.29) is 6.10 Å². The molecule has 1 aromatic carbocycles. The first-order chi connectivity index (χ1) is 6.15. The molecule has 0 atom stereocenters. The number of para-hydroxylation sites is 1. The summed E-state index contributed by atoms with van der Waals surface area (Å²) in [6, 6.07) is 5.92. The summed E-state index contributed by atoms with van der Waals surface area (Å²) in [7, 11) is 0. The largest absolute Gasteiger partial charge is 0.489 e. The molecule has 0 bridgehead atoms. The molecule has 0 unspecified atom stereocenters. The van der Waals surface area contributed by atoms with Crippen LogP contribution in [0.2, 0.25) is 0 Å². The molecule has 0 amide bonds. The third-order valence-electron chi connectivity index (χ3n) is 1.90. The Hall–Kier alpha value is -1.18. The number of hydrogen-bond acceptors (Lipinski definition) is 2. The number of aryl methyl sites for hydroxylation is 1. The van der Waals surface area contributed by atoms with E-state index in [4.69, 9.17) is 10.5 Å². The number of rotatable bonds is 3. The zero-order valence-electron chi connectivity index (χ0n) is 8.50. The van der Waals surface area contributed by atoms with E-state index in [0.29, 0.717) is 0 Å². The highest BCUT2D eigenvalue weighted by atomic mass is 16.5. The maximum absolute atomic E-state index is 5.92. The molecule has 2 N–H and O–H groups in total. The maximum atomic E-state index is 5.92. The van der Waals surface area contributed by atoms with Gasteiger partial charge < -0.3 is 10.5 Å². The molecule has 0 fully saturated rings. The summed E-state index contributed by atoms with van der Waals surface area (Å²) < 4.78 is 5.56. The Kier molecular flexibility index (Phi) is 3.18. The van der Waals surface area contributed by atoms with E-state index in [1.807, 2.05) is 32.0 Å². The number of hydrogen-bond donors (Lipinski definition) is 1. The van der Waals surface area contributed by atoms with Crippen LogP contribution in [0.4, 0.5) is 5.69 Å². The predicted molar refractivity (Wildman–Crippen MR) is 56.0 cm³/mol. The van der Waals surface area contributed by atoms with Gasteiger partial charge in [-0.15, -0.1) is 0 Å². The lowest BCUT2D eigenvalue weighted by Gasteiger charge is -2.13. The fourth-order valence-corrected chi connectivity index (χ4v) is 1.25. The van der Waals surface area contributed by atoms with Gasteiger partial charge in [0.25, 0.3) is 0 Å². The van der Waals surface area contributed by atoms with E-state index in [0.717, 1.165) is 23.4 Å². The van der Waals surface area contributed by atoms with Gasteiger partial charge >= 0.3 is 0 Å². The molecule has 13 heavy (non-hydrogen) atoms. The molecule has 2 nitrogen and oxygen atoms in total. The Labute approximate surface area is 79.7 Å². The average molecular weight is 179 g/mol. The lowest BCUT2D eigenvalue weighted by atomic mass is 10.1. The van der Waals surface area contributed by atoms with Gasteiger partial charge in [-0.2, -0.15) is 0 Å². The van der Waals surface area contributed by atoms with E-state index < -0.39 is 0 Å². The van der Waals surface area contributed by atoms with Crippen LogP contribution in [0.25, 0.3) is 0 Å². The Morgan fingerprint density at radius 3 is 2.62 bits per heavy atom. The van der Waals surface area contributed by atoms with Crippen molar-refractivity contribution in [2.45, 2.75) is 33.3 Å². The second-order valence-electron chi connectivity index (χ2n) is 3.35. The molecular weight excluding hydrogens is 162 g/mol. The third kappa shape index (κ3) is 2.38. The van der Waals surface area contributed by atoms with Gasteiger partial charge in [0.05, 0.1) is 11.8 Å². The van der Waals surface area contributed by atoms with Crippen LogP contribution in [-0.2, 0) is 6.42 Å². The SMILES string of the molecule is CCc1cccc(OC(C)C)c1N. The first-order valence-corrected chi connectivity index (χ1v) is 4.69. The van der Waals surface area contributed by atoms with Crippen LogP contribution in [0.3, 0.4) is 0 Å². The molecule has 0 aliphatic heterocycles. The van der Waals surface area contributed by atoms with Crippen molar-refractivity contribution in [2.24, 2.45) is 0 Å². The summed E-state index contributed by atoms with van der Waals surface area (Å²) >= 11 is 0. The van der Waals surface area contributed by atoms with E-state index >= 15 is 0 Å². The monoisotopic (exact) mass is 179 g/mol. The molecular formula is C11H17NO. The van der Waals surface area contributed by atoms with E-state index in [1.54, 1.807) is 0 Å². The number of nitrogens with two attached hydrogens (primary N) is 1. The molecule has 72 valence electrons. The average Bonchev–Trinajstić information content (AvgIpc) is 2.08. The summed E-state index contributed by atoms with van der Waals surface area (Å²) in [6.07, 6.45) is 1.12. The maximum Gasteiger partial charge on any atom is 0.142 e. The van der Waals surface area contributed by atoms with E-state index in [1.165, 1.54) is 0 Å². The minimum Gasteiger partial charge on any atom is -0.489 e. The zero-order chi connectivity index (χ0) is 9.84. The fraction of sp³-hybridized carbons (Fsp3) is 0.455. The molecule has 0 saturated carbocycles. The van der Waals surface area contributed by atoms with Crippen LogP contribution in [0, 0.1) is 0 Å². The summed E-state index contributed by atoms with van der Waals surface area (Å²) in [6.45, 7) is 6.08. The quantitative estimate of drug-likeness (QED) is 0.724. The van der Waals surface area contributed by atoms with Crippen molar-refractivity contribution < 1.29 is 4.74 Å². The van der Waals surface area contributed by atoms with Crippen LogP contribution >= 0.6 is 0 Å². The highest BCUT2D eigenvalue weighted by molar-refractivity contribution is 5.58.